The van der Waals surface area contributed by atoms with Gasteiger partial charge in [0.1, 0.15) is 11.5 Å². The first kappa shape index (κ1) is 13.8. The maximum Gasteiger partial charge on any atom is 0.122 e. The van der Waals surface area contributed by atoms with Crippen molar-refractivity contribution in [3.8, 4) is 11.5 Å². The highest BCUT2D eigenvalue weighted by atomic mass is 16.5. The third-order valence-electron chi connectivity index (χ3n) is 2.77. The Balaban J connectivity index is 3.30. The normalized spacial score (nSPS) is 11.4. The first-order valence-electron chi connectivity index (χ1n) is 5.94. The van der Waals surface area contributed by atoms with Crippen molar-refractivity contribution in [2.24, 2.45) is 5.73 Å². The molecule has 0 unspecified atom stereocenters. The van der Waals surface area contributed by atoms with Crippen molar-refractivity contribution < 1.29 is 9.47 Å². The molecule has 0 atom stereocenters. The van der Waals surface area contributed by atoms with E-state index in [0.717, 1.165) is 29.9 Å². The highest BCUT2D eigenvalue weighted by Gasteiger charge is 2.20. The second-order valence-corrected chi connectivity index (χ2v) is 4.95. The molecule has 96 valence electrons. The van der Waals surface area contributed by atoms with Crippen molar-refractivity contribution in [3.63, 3.8) is 0 Å². The van der Waals surface area contributed by atoms with Gasteiger partial charge in [-0.3, -0.25) is 0 Å². The highest BCUT2D eigenvalue weighted by Crippen LogP contribution is 2.33. The van der Waals surface area contributed by atoms with E-state index in [1.807, 2.05) is 26.0 Å². The molecule has 0 saturated carbocycles. The van der Waals surface area contributed by atoms with Gasteiger partial charge in [-0.15, -0.1) is 0 Å². The standard InChI is InChI=1S/C14H23NO2/c1-6-10-11(9-14(2,3)15)13(17-5)8-7-12(10)16-4/h7-8H,6,9,15H2,1-5H3. The van der Waals surface area contributed by atoms with Gasteiger partial charge in [0, 0.05) is 16.7 Å². The summed E-state index contributed by atoms with van der Waals surface area (Å²) in [6.07, 6.45) is 1.68. The molecule has 0 radical (unpaired) electrons. The lowest BCUT2D eigenvalue weighted by Gasteiger charge is -2.23. The molecule has 3 nitrogen and oxygen atoms in total. The van der Waals surface area contributed by atoms with Crippen LogP contribution in [-0.2, 0) is 12.8 Å². The number of hydrogen-bond donors (Lipinski definition) is 1. The van der Waals surface area contributed by atoms with Crippen LogP contribution < -0.4 is 15.2 Å². The van der Waals surface area contributed by atoms with Crippen LogP contribution in [0.5, 0.6) is 11.5 Å². The molecule has 1 rings (SSSR count). The molecule has 0 amide bonds. The van der Waals surface area contributed by atoms with E-state index in [2.05, 4.69) is 6.92 Å². The minimum atomic E-state index is -0.260. The van der Waals surface area contributed by atoms with Crippen molar-refractivity contribution in [1.82, 2.24) is 0 Å². The summed E-state index contributed by atoms with van der Waals surface area (Å²) in [6.45, 7) is 6.15. The summed E-state index contributed by atoms with van der Waals surface area (Å²) in [5.74, 6) is 1.80. The van der Waals surface area contributed by atoms with Gasteiger partial charge in [-0.1, -0.05) is 6.92 Å². The van der Waals surface area contributed by atoms with Crippen LogP contribution in [0.4, 0.5) is 0 Å². The van der Waals surface area contributed by atoms with E-state index in [1.165, 1.54) is 5.56 Å². The van der Waals surface area contributed by atoms with Crippen molar-refractivity contribution in [1.29, 1.82) is 0 Å². The summed E-state index contributed by atoms with van der Waals surface area (Å²) in [5, 5.41) is 0. The van der Waals surface area contributed by atoms with E-state index < -0.39 is 0 Å². The fourth-order valence-corrected chi connectivity index (χ4v) is 2.07. The lowest BCUT2D eigenvalue weighted by molar-refractivity contribution is 0.388. The molecule has 0 aliphatic carbocycles. The van der Waals surface area contributed by atoms with Gasteiger partial charge in [0.25, 0.3) is 0 Å². The zero-order chi connectivity index (χ0) is 13.1. The summed E-state index contributed by atoms with van der Waals surface area (Å²) in [4.78, 5) is 0. The fraction of sp³-hybridized carbons (Fsp3) is 0.571. The van der Waals surface area contributed by atoms with Gasteiger partial charge in [0.05, 0.1) is 14.2 Å². The molecule has 0 fully saturated rings. The molecule has 0 heterocycles. The van der Waals surface area contributed by atoms with Crippen LogP contribution in [0.2, 0.25) is 0 Å². The molecule has 3 heteroatoms. The monoisotopic (exact) mass is 237 g/mol. The van der Waals surface area contributed by atoms with E-state index in [9.17, 15) is 0 Å². The molecule has 1 aromatic rings. The molecule has 0 spiro atoms. The lowest BCUT2D eigenvalue weighted by Crippen LogP contribution is -2.35. The van der Waals surface area contributed by atoms with Crippen molar-refractivity contribution in [2.75, 3.05) is 14.2 Å². The second-order valence-electron chi connectivity index (χ2n) is 4.95. The van der Waals surface area contributed by atoms with Crippen LogP contribution in [0.25, 0.3) is 0 Å². The Kier molecular flexibility index (Phi) is 4.40. The Labute approximate surface area is 104 Å². The Morgan fingerprint density at radius 3 is 1.88 bits per heavy atom. The Hall–Kier alpha value is -1.22. The molecule has 1 aromatic carbocycles. The van der Waals surface area contributed by atoms with E-state index in [0.29, 0.717) is 0 Å². The summed E-state index contributed by atoms with van der Waals surface area (Å²) in [6, 6.07) is 3.89. The van der Waals surface area contributed by atoms with Crippen LogP contribution in [0, 0.1) is 0 Å². The summed E-state index contributed by atoms with van der Waals surface area (Å²) in [5.41, 5.74) is 8.19. The van der Waals surface area contributed by atoms with Gasteiger partial charge < -0.3 is 15.2 Å². The van der Waals surface area contributed by atoms with Crippen LogP contribution in [0.3, 0.4) is 0 Å². The zero-order valence-corrected chi connectivity index (χ0v) is 11.5. The largest absolute Gasteiger partial charge is 0.496 e. The van der Waals surface area contributed by atoms with E-state index in [1.54, 1.807) is 14.2 Å². The van der Waals surface area contributed by atoms with Crippen LogP contribution in [0.15, 0.2) is 12.1 Å². The number of rotatable bonds is 5. The third-order valence-corrected chi connectivity index (χ3v) is 2.77. The minimum absolute atomic E-state index is 0.260. The van der Waals surface area contributed by atoms with Gasteiger partial charge in [-0.2, -0.15) is 0 Å². The number of nitrogens with two attached hydrogens (primary N) is 1. The molecule has 0 saturated heterocycles. The number of ether oxygens (including phenoxy) is 2. The number of benzene rings is 1. The molecule has 17 heavy (non-hydrogen) atoms. The smallest absolute Gasteiger partial charge is 0.122 e. The Morgan fingerprint density at radius 1 is 1.06 bits per heavy atom. The van der Waals surface area contributed by atoms with Gasteiger partial charge in [-0.05, 0) is 38.8 Å². The van der Waals surface area contributed by atoms with E-state index in [4.69, 9.17) is 15.2 Å². The lowest BCUT2D eigenvalue weighted by atomic mass is 9.90. The molecule has 0 aliphatic rings. The van der Waals surface area contributed by atoms with E-state index in [-0.39, 0.29) is 5.54 Å². The summed E-state index contributed by atoms with van der Waals surface area (Å²) in [7, 11) is 3.38. The first-order chi connectivity index (χ1) is 7.92. The molecular weight excluding hydrogens is 214 g/mol. The maximum absolute atomic E-state index is 6.11. The van der Waals surface area contributed by atoms with Gasteiger partial charge >= 0.3 is 0 Å². The van der Waals surface area contributed by atoms with Crippen molar-refractivity contribution in [3.05, 3.63) is 23.3 Å². The first-order valence-corrected chi connectivity index (χ1v) is 5.94. The second kappa shape index (κ2) is 5.41. The third kappa shape index (κ3) is 3.37. The molecular formula is C14H23NO2. The average molecular weight is 237 g/mol. The average Bonchev–Trinajstić information content (AvgIpc) is 2.26. The summed E-state index contributed by atoms with van der Waals surface area (Å²) < 4.78 is 10.8. The summed E-state index contributed by atoms with van der Waals surface area (Å²) >= 11 is 0. The molecule has 0 bridgehead atoms. The van der Waals surface area contributed by atoms with E-state index >= 15 is 0 Å². The SMILES string of the molecule is CCc1c(OC)ccc(OC)c1CC(C)(C)N. The molecule has 0 aliphatic heterocycles. The number of hydrogen-bond acceptors (Lipinski definition) is 3. The van der Waals surface area contributed by atoms with Gasteiger partial charge in [0.15, 0.2) is 0 Å². The molecule has 0 aromatic heterocycles. The Bertz CT molecular complexity index is 381. The van der Waals surface area contributed by atoms with Crippen LogP contribution in [-0.4, -0.2) is 19.8 Å². The topological polar surface area (TPSA) is 44.5 Å². The number of methoxy groups -OCH3 is 2. The molecule has 2 N–H and O–H groups in total. The van der Waals surface area contributed by atoms with Crippen LogP contribution in [0.1, 0.15) is 31.9 Å². The van der Waals surface area contributed by atoms with Crippen molar-refractivity contribution >= 4 is 0 Å². The van der Waals surface area contributed by atoms with Gasteiger partial charge in [-0.25, -0.2) is 0 Å². The van der Waals surface area contributed by atoms with Crippen LogP contribution >= 0.6 is 0 Å². The Morgan fingerprint density at radius 2 is 1.53 bits per heavy atom. The predicted molar refractivity (Wildman–Crippen MR) is 70.9 cm³/mol. The zero-order valence-electron chi connectivity index (χ0n) is 11.5. The van der Waals surface area contributed by atoms with Crippen molar-refractivity contribution in [2.45, 2.75) is 39.2 Å². The quantitative estimate of drug-likeness (QED) is 0.856. The maximum atomic E-state index is 6.11. The minimum Gasteiger partial charge on any atom is -0.496 e. The predicted octanol–water partition coefficient (Wildman–Crippen LogP) is 2.55. The highest BCUT2D eigenvalue weighted by molar-refractivity contribution is 5.49. The fourth-order valence-electron chi connectivity index (χ4n) is 2.07. The van der Waals surface area contributed by atoms with Gasteiger partial charge in [0.2, 0.25) is 0 Å².